The van der Waals surface area contributed by atoms with E-state index in [9.17, 15) is 34.0 Å². The number of rotatable bonds is 8. The van der Waals surface area contributed by atoms with E-state index >= 15 is 0 Å². The third kappa shape index (κ3) is 5.62. The highest BCUT2D eigenvalue weighted by Gasteiger charge is 2.56. The van der Waals surface area contributed by atoms with Gasteiger partial charge in [-0.3, -0.25) is 4.68 Å². The van der Waals surface area contributed by atoms with E-state index in [1.807, 2.05) is 0 Å². The number of halogens is 2. The molecule has 0 amide bonds. The first kappa shape index (κ1) is 28.5. The molecule has 37 heavy (non-hydrogen) atoms. The van der Waals surface area contributed by atoms with E-state index in [1.54, 1.807) is 20.8 Å². The second-order valence-corrected chi connectivity index (χ2v) is 8.72. The average molecular weight is 532 g/mol. The molecule has 0 saturated carbocycles. The molecule has 0 bridgehead atoms. The molecule has 4 N–H and O–H groups in total. The highest BCUT2D eigenvalue weighted by atomic mass is 19.2. The number of carbonyl (C=O) groups is 1. The molecule has 2 aromatic rings. The lowest BCUT2D eigenvalue weighted by atomic mass is 9.97. The van der Waals surface area contributed by atoms with Crippen LogP contribution in [-0.2, 0) is 20.6 Å². The van der Waals surface area contributed by atoms with Crippen LogP contribution >= 0.6 is 0 Å². The van der Waals surface area contributed by atoms with Crippen LogP contribution in [-0.4, -0.2) is 87.6 Å². The molecule has 12 nitrogen and oxygen atoms in total. The van der Waals surface area contributed by atoms with Crippen molar-refractivity contribution in [1.29, 1.82) is 0 Å². The van der Waals surface area contributed by atoms with Gasteiger partial charge in [0.2, 0.25) is 11.7 Å². The van der Waals surface area contributed by atoms with Gasteiger partial charge in [-0.1, -0.05) is 6.07 Å². The van der Waals surface area contributed by atoms with Crippen LogP contribution in [0.5, 0.6) is 11.6 Å². The lowest BCUT2D eigenvalue weighted by Gasteiger charge is -2.44. The van der Waals surface area contributed by atoms with Crippen LogP contribution in [0.1, 0.15) is 36.7 Å². The zero-order chi connectivity index (χ0) is 27.7. The van der Waals surface area contributed by atoms with Gasteiger partial charge in [0.15, 0.2) is 17.7 Å². The highest BCUT2D eigenvalue weighted by Crippen LogP contribution is 2.35. The second-order valence-electron chi connectivity index (χ2n) is 8.72. The summed E-state index contributed by atoms with van der Waals surface area (Å²) < 4.78 is 55.2. The molecule has 1 aromatic carbocycles. The molecule has 206 valence electrons. The Bertz CT molecular complexity index is 1130. The Morgan fingerprint density at radius 3 is 2.46 bits per heavy atom. The minimum atomic E-state index is -2.98. The fourth-order valence-corrected chi connectivity index (χ4v) is 3.91. The summed E-state index contributed by atoms with van der Waals surface area (Å²) in [6, 6.07) is 2.34. The number of carbonyl (C=O) groups excluding carboxylic acids is 1. The fourth-order valence-electron chi connectivity index (χ4n) is 3.91. The van der Waals surface area contributed by atoms with Gasteiger partial charge in [-0.15, -0.1) is 5.10 Å². The molecule has 1 aliphatic rings. The highest BCUT2D eigenvalue weighted by molar-refractivity contribution is 5.59. The summed E-state index contributed by atoms with van der Waals surface area (Å²) in [7, 11) is 2.25. The number of hydrogen-bond acceptors (Lipinski definition) is 11. The van der Waals surface area contributed by atoms with Crippen LogP contribution in [0.4, 0.5) is 13.6 Å². The number of methoxy groups -OCH3 is 2. The standard InChI is InChI=1S/C23H30F2N2O10/c1-10(2)27-11(3)13(8-12-6-7-14(33-4)17(25)16(12)24)21(26-27)37-23(32)20(30)19(29)18(28)15(36-23)9-35-22(31)34-5/h6-7,10,15,18-20,28-30,32H,8-9H2,1-5H3/t15-,18-,19+,20-,23-/m1/s1. The topological polar surface area (TPSA) is 162 Å². The number of aliphatic hydroxyl groups is 4. The predicted molar refractivity (Wildman–Crippen MR) is 120 cm³/mol. The molecular weight excluding hydrogens is 502 g/mol. The average Bonchev–Trinajstić information content (AvgIpc) is 3.16. The van der Waals surface area contributed by atoms with Crippen molar-refractivity contribution in [2.24, 2.45) is 0 Å². The number of benzene rings is 1. The van der Waals surface area contributed by atoms with E-state index in [1.165, 1.54) is 23.9 Å². The van der Waals surface area contributed by atoms with Crippen LogP contribution in [0.3, 0.4) is 0 Å². The van der Waals surface area contributed by atoms with E-state index in [4.69, 9.17) is 18.9 Å². The Kier molecular flexibility index (Phi) is 8.59. The normalized spacial score (nSPS) is 25.7. The molecule has 0 unspecified atom stereocenters. The molecule has 2 heterocycles. The van der Waals surface area contributed by atoms with Crippen molar-refractivity contribution < 1.29 is 57.7 Å². The van der Waals surface area contributed by atoms with Gasteiger partial charge in [-0.05, 0) is 32.4 Å². The van der Waals surface area contributed by atoms with E-state index in [2.05, 4.69) is 9.84 Å². The van der Waals surface area contributed by atoms with Gasteiger partial charge in [0.1, 0.15) is 24.9 Å². The van der Waals surface area contributed by atoms with Crippen molar-refractivity contribution in [3.63, 3.8) is 0 Å². The Hall–Kier alpha value is -3.04. The molecule has 5 atom stereocenters. The fraction of sp³-hybridized carbons (Fsp3) is 0.565. The Morgan fingerprint density at radius 1 is 1.19 bits per heavy atom. The molecule has 0 aliphatic carbocycles. The Morgan fingerprint density at radius 2 is 1.86 bits per heavy atom. The van der Waals surface area contributed by atoms with Crippen LogP contribution in [0.2, 0.25) is 0 Å². The first-order valence-corrected chi connectivity index (χ1v) is 11.3. The summed E-state index contributed by atoms with van der Waals surface area (Å²) in [6.07, 6.45) is -8.89. The van der Waals surface area contributed by atoms with Crippen molar-refractivity contribution in [2.45, 2.75) is 63.6 Å². The minimum Gasteiger partial charge on any atom is -0.494 e. The first-order chi connectivity index (χ1) is 17.3. The molecule has 14 heteroatoms. The lowest BCUT2D eigenvalue weighted by molar-refractivity contribution is -0.423. The summed E-state index contributed by atoms with van der Waals surface area (Å²) in [5.41, 5.74) is 0.608. The van der Waals surface area contributed by atoms with Gasteiger partial charge in [0.25, 0.3) is 0 Å². The quantitative estimate of drug-likeness (QED) is 0.283. The maximum absolute atomic E-state index is 14.7. The zero-order valence-electron chi connectivity index (χ0n) is 20.8. The lowest BCUT2D eigenvalue weighted by Crippen LogP contribution is -2.67. The minimum absolute atomic E-state index is 0.0773. The van der Waals surface area contributed by atoms with E-state index < -0.39 is 54.8 Å². The van der Waals surface area contributed by atoms with Gasteiger partial charge in [-0.2, -0.15) is 4.39 Å². The van der Waals surface area contributed by atoms with Crippen molar-refractivity contribution in [2.75, 3.05) is 20.8 Å². The molecule has 1 aromatic heterocycles. The van der Waals surface area contributed by atoms with E-state index in [0.29, 0.717) is 5.69 Å². The van der Waals surface area contributed by atoms with Crippen molar-refractivity contribution in [3.05, 3.63) is 40.6 Å². The molecule has 1 fully saturated rings. The summed E-state index contributed by atoms with van der Waals surface area (Å²) in [5, 5.41) is 46.3. The molecule has 0 radical (unpaired) electrons. The second kappa shape index (κ2) is 11.1. The Labute approximate surface area is 210 Å². The largest absolute Gasteiger partial charge is 0.508 e. The number of hydrogen-bond donors (Lipinski definition) is 4. The zero-order valence-corrected chi connectivity index (χ0v) is 20.8. The van der Waals surface area contributed by atoms with E-state index in [-0.39, 0.29) is 35.2 Å². The molecular formula is C23H30F2N2O10. The van der Waals surface area contributed by atoms with Gasteiger partial charge < -0.3 is 44.1 Å². The maximum atomic E-state index is 14.7. The van der Waals surface area contributed by atoms with Gasteiger partial charge in [0, 0.05) is 23.7 Å². The van der Waals surface area contributed by atoms with Crippen molar-refractivity contribution in [3.8, 4) is 11.6 Å². The van der Waals surface area contributed by atoms with Crippen molar-refractivity contribution in [1.82, 2.24) is 9.78 Å². The monoisotopic (exact) mass is 532 g/mol. The first-order valence-electron chi connectivity index (χ1n) is 11.3. The third-order valence-electron chi connectivity index (χ3n) is 5.96. The van der Waals surface area contributed by atoms with Crippen LogP contribution in [0, 0.1) is 18.6 Å². The van der Waals surface area contributed by atoms with Crippen LogP contribution in [0.15, 0.2) is 12.1 Å². The van der Waals surface area contributed by atoms with Gasteiger partial charge in [0.05, 0.1) is 14.2 Å². The summed E-state index contributed by atoms with van der Waals surface area (Å²) in [6.45, 7) is 4.55. The molecule has 1 aliphatic heterocycles. The van der Waals surface area contributed by atoms with Gasteiger partial charge in [-0.25, -0.2) is 9.18 Å². The SMILES string of the molecule is COC(=O)OC[C@H]1O[C@@](O)(Oc2nn(C(C)C)c(C)c2Cc2ccc(OC)c(F)c2F)[C@H](O)[C@@H](O)[C@@H]1O. The Balaban J connectivity index is 1.98. The number of aromatic nitrogens is 2. The maximum Gasteiger partial charge on any atom is 0.508 e. The number of ether oxygens (including phenoxy) is 5. The number of aliphatic hydroxyl groups excluding tert-OH is 3. The van der Waals surface area contributed by atoms with Gasteiger partial charge >= 0.3 is 12.1 Å². The summed E-state index contributed by atoms with van der Waals surface area (Å²) >= 11 is 0. The number of nitrogens with zero attached hydrogens (tertiary/aromatic N) is 2. The van der Waals surface area contributed by atoms with Crippen molar-refractivity contribution >= 4 is 6.16 Å². The predicted octanol–water partition coefficient (Wildman–Crippen LogP) is 0.939. The van der Waals surface area contributed by atoms with Crippen LogP contribution < -0.4 is 9.47 Å². The smallest absolute Gasteiger partial charge is 0.494 e. The van der Waals surface area contributed by atoms with E-state index in [0.717, 1.165) is 7.11 Å². The molecule has 3 rings (SSSR count). The third-order valence-corrected chi connectivity index (χ3v) is 5.96. The summed E-state index contributed by atoms with van der Waals surface area (Å²) in [4.78, 5) is 11.3. The molecule has 0 spiro atoms. The molecule has 1 saturated heterocycles. The summed E-state index contributed by atoms with van der Waals surface area (Å²) in [5.74, 6) is -5.93. The van der Waals surface area contributed by atoms with Crippen LogP contribution in [0.25, 0.3) is 0 Å².